The largest absolute Gasteiger partial charge is 0.457 e. The molecule has 0 aliphatic heterocycles. The maximum atomic E-state index is 5.81. The zero-order valence-electron chi connectivity index (χ0n) is 9.58. The number of aromatic nitrogens is 2. The van der Waals surface area contributed by atoms with Gasteiger partial charge in [0, 0.05) is 5.39 Å². The van der Waals surface area contributed by atoms with Crippen LogP contribution in [0.3, 0.4) is 0 Å². The molecule has 0 saturated heterocycles. The Morgan fingerprint density at radius 2 is 1.72 bits per heavy atom. The molecule has 0 aliphatic rings. The van der Waals surface area contributed by atoms with Crippen LogP contribution in [0.25, 0.3) is 10.9 Å². The Balaban J connectivity index is 2.01. The highest BCUT2D eigenvalue weighted by Gasteiger charge is 2.03. The highest BCUT2D eigenvalue weighted by Crippen LogP contribution is 2.26. The molecule has 1 heterocycles. The van der Waals surface area contributed by atoms with Gasteiger partial charge in [-0.15, -0.1) is 0 Å². The van der Waals surface area contributed by atoms with E-state index in [9.17, 15) is 0 Å². The van der Waals surface area contributed by atoms with Crippen LogP contribution in [0.2, 0.25) is 0 Å². The topological polar surface area (TPSA) is 61.0 Å². The first kappa shape index (κ1) is 10.5. The second-order valence-corrected chi connectivity index (χ2v) is 3.85. The smallest absolute Gasteiger partial charge is 0.134 e. The van der Waals surface area contributed by atoms with Crippen LogP contribution in [0.5, 0.6) is 11.5 Å². The number of nitrogen functional groups attached to an aromatic ring is 1. The van der Waals surface area contributed by atoms with Crippen LogP contribution in [-0.4, -0.2) is 9.97 Å². The Morgan fingerprint density at radius 1 is 0.889 bits per heavy atom. The van der Waals surface area contributed by atoms with Crippen LogP contribution in [0.1, 0.15) is 0 Å². The van der Waals surface area contributed by atoms with E-state index in [-0.39, 0.29) is 0 Å². The number of nitrogens with two attached hydrogens (primary N) is 1. The minimum Gasteiger partial charge on any atom is -0.457 e. The SMILES string of the molecule is Nc1ncnc2ccc(Oc3ccccc3)cc12. The summed E-state index contributed by atoms with van der Waals surface area (Å²) in [5, 5.41) is 0.797. The highest BCUT2D eigenvalue weighted by atomic mass is 16.5. The molecule has 0 spiro atoms. The van der Waals surface area contributed by atoms with Crippen molar-refractivity contribution in [1.82, 2.24) is 9.97 Å². The number of hydrogen-bond acceptors (Lipinski definition) is 4. The van der Waals surface area contributed by atoms with E-state index in [2.05, 4.69) is 9.97 Å². The second kappa shape index (κ2) is 4.33. The second-order valence-electron chi connectivity index (χ2n) is 3.85. The van der Waals surface area contributed by atoms with Crippen LogP contribution >= 0.6 is 0 Å². The summed E-state index contributed by atoms with van der Waals surface area (Å²) in [5.41, 5.74) is 6.62. The summed E-state index contributed by atoms with van der Waals surface area (Å²) in [7, 11) is 0. The lowest BCUT2D eigenvalue weighted by atomic mass is 10.2. The third-order valence-corrected chi connectivity index (χ3v) is 2.62. The molecule has 0 amide bonds. The summed E-state index contributed by atoms with van der Waals surface area (Å²) in [4.78, 5) is 8.11. The van der Waals surface area contributed by atoms with E-state index in [1.165, 1.54) is 6.33 Å². The standard InChI is InChI=1S/C14H11N3O/c15-14-12-8-11(6-7-13(12)16-9-17-14)18-10-4-2-1-3-5-10/h1-9H,(H2,15,16,17). The third kappa shape index (κ3) is 1.96. The first-order chi connectivity index (χ1) is 8.83. The highest BCUT2D eigenvalue weighted by molar-refractivity contribution is 5.88. The van der Waals surface area contributed by atoms with E-state index in [1.54, 1.807) is 0 Å². The fourth-order valence-electron chi connectivity index (χ4n) is 1.74. The van der Waals surface area contributed by atoms with Gasteiger partial charge in [-0.1, -0.05) is 18.2 Å². The Morgan fingerprint density at radius 3 is 2.56 bits per heavy atom. The van der Waals surface area contributed by atoms with Crippen LogP contribution < -0.4 is 10.5 Å². The average Bonchev–Trinajstić information content (AvgIpc) is 2.41. The molecule has 0 bridgehead atoms. The lowest BCUT2D eigenvalue weighted by Crippen LogP contribution is -1.93. The molecule has 88 valence electrons. The van der Waals surface area contributed by atoms with Gasteiger partial charge in [0.15, 0.2) is 0 Å². The van der Waals surface area contributed by atoms with Crippen molar-refractivity contribution in [1.29, 1.82) is 0 Å². The van der Waals surface area contributed by atoms with Crippen LogP contribution in [0.15, 0.2) is 54.9 Å². The fraction of sp³-hybridized carbons (Fsp3) is 0. The van der Waals surface area contributed by atoms with Gasteiger partial charge in [0.25, 0.3) is 0 Å². The van der Waals surface area contributed by atoms with E-state index in [1.807, 2.05) is 48.5 Å². The Labute approximate surface area is 104 Å². The zero-order valence-corrected chi connectivity index (χ0v) is 9.58. The molecule has 0 atom stereocenters. The summed E-state index contributed by atoms with van der Waals surface area (Å²) in [6, 6.07) is 15.2. The van der Waals surface area contributed by atoms with Crippen molar-refractivity contribution >= 4 is 16.7 Å². The van der Waals surface area contributed by atoms with Crippen molar-refractivity contribution in [3.63, 3.8) is 0 Å². The summed E-state index contributed by atoms with van der Waals surface area (Å²) >= 11 is 0. The first-order valence-corrected chi connectivity index (χ1v) is 5.56. The minimum atomic E-state index is 0.457. The monoisotopic (exact) mass is 237 g/mol. The summed E-state index contributed by atoms with van der Waals surface area (Å²) in [6.45, 7) is 0. The Kier molecular flexibility index (Phi) is 2.53. The molecule has 4 heteroatoms. The van der Waals surface area contributed by atoms with Crippen molar-refractivity contribution in [2.45, 2.75) is 0 Å². The molecule has 0 fully saturated rings. The molecule has 0 aliphatic carbocycles. The normalized spacial score (nSPS) is 10.4. The van der Waals surface area contributed by atoms with E-state index >= 15 is 0 Å². The Hall–Kier alpha value is -2.62. The van der Waals surface area contributed by atoms with E-state index < -0.39 is 0 Å². The van der Waals surface area contributed by atoms with Crippen molar-refractivity contribution in [3.05, 3.63) is 54.9 Å². The van der Waals surface area contributed by atoms with E-state index in [0.29, 0.717) is 5.82 Å². The summed E-state index contributed by atoms with van der Waals surface area (Å²) < 4.78 is 5.73. The molecule has 18 heavy (non-hydrogen) atoms. The van der Waals surface area contributed by atoms with Crippen LogP contribution in [-0.2, 0) is 0 Å². The predicted molar refractivity (Wildman–Crippen MR) is 70.5 cm³/mol. The lowest BCUT2D eigenvalue weighted by molar-refractivity contribution is 0.483. The van der Waals surface area contributed by atoms with Gasteiger partial charge in [0.1, 0.15) is 23.6 Å². The molecule has 2 aromatic carbocycles. The fourth-order valence-corrected chi connectivity index (χ4v) is 1.74. The molecular weight excluding hydrogens is 226 g/mol. The first-order valence-electron chi connectivity index (χ1n) is 5.56. The molecular formula is C14H11N3O. The molecule has 3 rings (SSSR count). The van der Waals surface area contributed by atoms with Crippen molar-refractivity contribution < 1.29 is 4.74 Å². The number of nitrogens with zero attached hydrogens (tertiary/aromatic N) is 2. The average molecular weight is 237 g/mol. The number of hydrogen-bond donors (Lipinski definition) is 1. The van der Waals surface area contributed by atoms with Gasteiger partial charge in [-0.05, 0) is 30.3 Å². The third-order valence-electron chi connectivity index (χ3n) is 2.62. The number of benzene rings is 2. The molecule has 0 saturated carbocycles. The van der Waals surface area contributed by atoms with Gasteiger partial charge in [-0.2, -0.15) is 0 Å². The van der Waals surface area contributed by atoms with Gasteiger partial charge in [-0.25, -0.2) is 9.97 Å². The lowest BCUT2D eigenvalue weighted by Gasteiger charge is -2.07. The quantitative estimate of drug-likeness (QED) is 0.744. The van der Waals surface area contributed by atoms with Gasteiger partial charge in [0.2, 0.25) is 0 Å². The molecule has 4 nitrogen and oxygen atoms in total. The van der Waals surface area contributed by atoms with Crippen LogP contribution in [0.4, 0.5) is 5.82 Å². The summed E-state index contributed by atoms with van der Waals surface area (Å²) in [5.74, 6) is 1.96. The van der Waals surface area contributed by atoms with Crippen LogP contribution in [0, 0.1) is 0 Å². The number of rotatable bonds is 2. The number of ether oxygens (including phenoxy) is 1. The van der Waals surface area contributed by atoms with Crippen molar-refractivity contribution in [3.8, 4) is 11.5 Å². The Bertz CT molecular complexity index is 683. The van der Waals surface area contributed by atoms with Crippen molar-refractivity contribution in [2.24, 2.45) is 0 Å². The number of para-hydroxylation sites is 1. The van der Waals surface area contributed by atoms with Gasteiger partial charge < -0.3 is 10.5 Å². The molecule has 2 N–H and O–H groups in total. The van der Waals surface area contributed by atoms with Gasteiger partial charge >= 0.3 is 0 Å². The number of anilines is 1. The molecule has 3 aromatic rings. The molecule has 1 aromatic heterocycles. The van der Waals surface area contributed by atoms with Crippen molar-refractivity contribution in [2.75, 3.05) is 5.73 Å². The summed E-state index contributed by atoms with van der Waals surface area (Å²) in [6.07, 6.45) is 1.45. The molecule has 0 radical (unpaired) electrons. The number of fused-ring (bicyclic) bond motifs is 1. The predicted octanol–water partition coefficient (Wildman–Crippen LogP) is 3.00. The van der Waals surface area contributed by atoms with E-state index in [4.69, 9.17) is 10.5 Å². The maximum Gasteiger partial charge on any atom is 0.134 e. The van der Waals surface area contributed by atoms with Gasteiger partial charge in [-0.3, -0.25) is 0 Å². The van der Waals surface area contributed by atoms with E-state index in [0.717, 1.165) is 22.4 Å². The zero-order chi connectivity index (χ0) is 12.4. The maximum absolute atomic E-state index is 5.81. The van der Waals surface area contributed by atoms with Gasteiger partial charge in [0.05, 0.1) is 5.52 Å². The minimum absolute atomic E-state index is 0.457. The molecule has 0 unspecified atom stereocenters.